The lowest BCUT2D eigenvalue weighted by molar-refractivity contribution is -0.135. The van der Waals surface area contributed by atoms with Crippen molar-refractivity contribution in [1.82, 2.24) is 4.90 Å². The predicted octanol–water partition coefficient (Wildman–Crippen LogP) is 3.45. The zero-order valence-corrected chi connectivity index (χ0v) is 15.8. The molecular formula is C23H26N2O2. The summed E-state index contributed by atoms with van der Waals surface area (Å²) in [4.78, 5) is 29.1. The number of carbonyl (C=O) groups excluding carboxylic acids is 2. The van der Waals surface area contributed by atoms with Crippen LogP contribution in [0.2, 0.25) is 0 Å². The number of likely N-dealkylation sites (tertiary alicyclic amines) is 1. The number of hydrogen-bond acceptors (Lipinski definition) is 2. The van der Waals surface area contributed by atoms with Crippen LogP contribution in [-0.2, 0) is 22.4 Å². The number of rotatable bonds is 3. The predicted molar refractivity (Wildman–Crippen MR) is 107 cm³/mol. The number of piperidine rings is 1. The summed E-state index contributed by atoms with van der Waals surface area (Å²) in [6.45, 7) is 3.12. The van der Waals surface area contributed by atoms with Gasteiger partial charge < -0.3 is 4.90 Å². The maximum atomic E-state index is 13.2. The van der Waals surface area contributed by atoms with Crippen molar-refractivity contribution in [2.45, 2.75) is 38.6 Å². The number of benzene rings is 2. The second-order valence-corrected chi connectivity index (χ2v) is 7.70. The van der Waals surface area contributed by atoms with Crippen LogP contribution in [0.3, 0.4) is 0 Å². The Morgan fingerprint density at radius 1 is 0.963 bits per heavy atom. The SMILES string of the molecule is CC(=O)N1c2ccccc2C[C@@H]1C(=O)N1CCC(Cc2ccccc2)CC1. The number of amides is 2. The Morgan fingerprint density at radius 2 is 1.63 bits per heavy atom. The second-order valence-electron chi connectivity index (χ2n) is 7.70. The molecule has 2 heterocycles. The first kappa shape index (κ1) is 17.8. The summed E-state index contributed by atoms with van der Waals surface area (Å²) < 4.78 is 0. The highest BCUT2D eigenvalue weighted by Gasteiger charge is 2.39. The molecule has 0 aromatic heterocycles. The fourth-order valence-electron chi connectivity index (χ4n) is 4.49. The number of fused-ring (bicyclic) bond motifs is 1. The van der Waals surface area contributed by atoms with Crippen LogP contribution in [0.25, 0.3) is 0 Å². The van der Waals surface area contributed by atoms with Crippen molar-refractivity contribution in [2.75, 3.05) is 18.0 Å². The van der Waals surface area contributed by atoms with E-state index in [0.717, 1.165) is 43.6 Å². The van der Waals surface area contributed by atoms with Gasteiger partial charge in [-0.15, -0.1) is 0 Å². The fraction of sp³-hybridized carbons (Fsp3) is 0.391. The normalized spacial score (nSPS) is 19.8. The molecule has 0 bridgehead atoms. The number of anilines is 1. The highest BCUT2D eigenvalue weighted by molar-refractivity contribution is 6.02. The van der Waals surface area contributed by atoms with Gasteiger partial charge in [0.25, 0.3) is 0 Å². The minimum atomic E-state index is -0.384. The minimum Gasteiger partial charge on any atom is -0.341 e. The molecule has 2 aliphatic rings. The van der Waals surface area contributed by atoms with E-state index in [9.17, 15) is 9.59 Å². The van der Waals surface area contributed by atoms with Crippen LogP contribution in [0, 0.1) is 5.92 Å². The summed E-state index contributed by atoms with van der Waals surface area (Å²) in [7, 11) is 0. The van der Waals surface area contributed by atoms with Gasteiger partial charge in [-0.05, 0) is 42.4 Å². The average Bonchev–Trinajstić information content (AvgIpc) is 3.09. The maximum absolute atomic E-state index is 13.2. The van der Waals surface area contributed by atoms with Gasteiger partial charge in [-0.25, -0.2) is 0 Å². The molecule has 27 heavy (non-hydrogen) atoms. The first-order valence-corrected chi connectivity index (χ1v) is 9.84. The Morgan fingerprint density at radius 3 is 2.33 bits per heavy atom. The minimum absolute atomic E-state index is 0.0581. The molecule has 1 fully saturated rings. The fourth-order valence-corrected chi connectivity index (χ4v) is 4.49. The van der Waals surface area contributed by atoms with Crippen molar-refractivity contribution < 1.29 is 9.59 Å². The van der Waals surface area contributed by atoms with Gasteiger partial charge in [0.1, 0.15) is 6.04 Å². The topological polar surface area (TPSA) is 40.6 Å². The smallest absolute Gasteiger partial charge is 0.246 e. The Bertz CT molecular complexity index is 825. The van der Waals surface area contributed by atoms with Gasteiger partial charge in [-0.2, -0.15) is 0 Å². The number of hydrogen-bond donors (Lipinski definition) is 0. The van der Waals surface area contributed by atoms with E-state index in [0.29, 0.717) is 12.3 Å². The van der Waals surface area contributed by atoms with Gasteiger partial charge in [-0.3, -0.25) is 14.5 Å². The summed E-state index contributed by atoms with van der Waals surface area (Å²) >= 11 is 0. The molecule has 4 heteroatoms. The van der Waals surface area contributed by atoms with Gasteiger partial charge in [0.05, 0.1) is 0 Å². The van der Waals surface area contributed by atoms with Crippen LogP contribution < -0.4 is 4.90 Å². The molecule has 0 unspecified atom stereocenters. The Balaban J connectivity index is 1.40. The number of carbonyl (C=O) groups is 2. The third-order valence-corrected chi connectivity index (χ3v) is 5.89. The van der Waals surface area contributed by atoms with Gasteiger partial charge in [0.15, 0.2) is 0 Å². The average molecular weight is 362 g/mol. The van der Waals surface area contributed by atoms with E-state index in [1.54, 1.807) is 11.8 Å². The molecule has 2 aromatic carbocycles. The Kier molecular flexibility index (Phi) is 4.97. The van der Waals surface area contributed by atoms with Crippen LogP contribution in [0.1, 0.15) is 30.9 Å². The molecule has 0 radical (unpaired) electrons. The summed E-state index contributed by atoms with van der Waals surface area (Å²) in [5, 5.41) is 0. The number of para-hydroxylation sites is 1. The number of nitrogens with zero attached hydrogens (tertiary/aromatic N) is 2. The van der Waals surface area contributed by atoms with Crippen LogP contribution >= 0.6 is 0 Å². The first-order valence-electron chi connectivity index (χ1n) is 9.84. The lowest BCUT2D eigenvalue weighted by Gasteiger charge is -2.35. The molecule has 2 amide bonds. The van der Waals surface area contributed by atoms with Crippen molar-refractivity contribution in [2.24, 2.45) is 5.92 Å². The van der Waals surface area contributed by atoms with Crippen molar-refractivity contribution in [3.05, 3.63) is 65.7 Å². The maximum Gasteiger partial charge on any atom is 0.246 e. The molecule has 2 aromatic rings. The van der Waals surface area contributed by atoms with Gasteiger partial charge >= 0.3 is 0 Å². The highest BCUT2D eigenvalue weighted by Crippen LogP contribution is 2.33. The van der Waals surface area contributed by atoms with E-state index >= 15 is 0 Å². The second kappa shape index (κ2) is 7.55. The van der Waals surface area contributed by atoms with Crippen molar-refractivity contribution >= 4 is 17.5 Å². The molecule has 0 N–H and O–H groups in total. The summed E-state index contributed by atoms with van der Waals surface area (Å²) in [6, 6.07) is 18.0. The zero-order chi connectivity index (χ0) is 18.8. The quantitative estimate of drug-likeness (QED) is 0.839. The van der Waals surface area contributed by atoms with Crippen molar-refractivity contribution in [3.63, 3.8) is 0 Å². The molecule has 1 atom stereocenters. The Hall–Kier alpha value is -2.62. The molecule has 140 valence electrons. The monoisotopic (exact) mass is 362 g/mol. The van der Waals surface area contributed by atoms with Crippen LogP contribution in [0.5, 0.6) is 0 Å². The third-order valence-electron chi connectivity index (χ3n) is 5.89. The van der Waals surface area contributed by atoms with E-state index in [1.165, 1.54) is 5.56 Å². The summed E-state index contributed by atoms with van der Waals surface area (Å²) in [6.07, 6.45) is 3.76. The summed E-state index contributed by atoms with van der Waals surface area (Å²) in [5.41, 5.74) is 3.35. The lowest BCUT2D eigenvalue weighted by Crippen LogP contribution is -2.51. The standard InChI is InChI=1S/C23H26N2O2/c1-17(26)25-21-10-6-5-9-20(21)16-22(25)23(27)24-13-11-19(12-14-24)15-18-7-3-2-4-8-18/h2-10,19,22H,11-16H2,1H3/t22-/m1/s1. The van der Waals surface area contributed by atoms with E-state index < -0.39 is 0 Å². The van der Waals surface area contributed by atoms with Gasteiger partial charge in [-0.1, -0.05) is 48.5 Å². The van der Waals surface area contributed by atoms with E-state index in [2.05, 4.69) is 24.3 Å². The molecule has 0 spiro atoms. The highest BCUT2D eigenvalue weighted by atomic mass is 16.2. The summed E-state index contributed by atoms with van der Waals surface area (Å²) in [5.74, 6) is 0.665. The van der Waals surface area contributed by atoms with Gasteiger partial charge in [0.2, 0.25) is 11.8 Å². The molecule has 1 saturated heterocycles. The third kappa shape index (κ3) is 3.61. The van der Waals surface area contributed by atoms with Crippen LogP contribution in [0.4, 0.5) is 5.69 Å². The molecule has 4 nitrogen and oxygen atoms in total. The molecule has 4 rings (SSSR count). The van der Waals surface area contributed by atoms with Crippen LogP contribution in [0.15, 0.2) is 54.6 Å². The van der Waals surface area contributed by atoms with Gasteiger partial charge in [0, 0.05) is 32.1 Å². The van der Waals surface area contributed by atoms with Crippen LogP contribution in [-0.4, -0.2) is 35.8 Å². The largest absolute Gasteiger partial charge is 0.341 e. The zero-order valence-electron chi connectivity index (χ0n) is 15.8. The molecule has 0 aliphatic carbocycles. The lowest BCUT2D eigenvalue weighted by atomic mass is 9.90. The molecule has 0 saturated carbocycles. The Labute approximate surface area is 160 Å². The van der Waals surface area contributed by atoms with E-state index in [4.69, 9.17) is 0 Å². The van der Waals surface area contributed by atoms with Crippen molar-refractivity contribution in [1.29, 1.82) is 0 Å². The van der Waals surface area contributed by atoms with E-state index in [1.807, 2.05) is 35.2 Å². The molecular weight excluding hydrogens is 336 g/mol. The molecule has 2 aliphatic heterocycles. The van der Waals surface area contributed by atoms with E-state index in [-0.39, 0.29) is 17.9 Å². The first-order chi connectivity index (χ1) is 13.1. The van der Waals surface area contributed by atoms with Crippen molar-refractivity contribution in [3.8, 4) is 0 Å².